The van der Waals surface area contributed by atoms with Crippen molar-refractivity contribution in [1.29, 1.82) is 0 Å². The molecule has 0 spiro atoms. The Labute approximate surface area is 152 Å². The number of likely N-dealkylation sites (tertiary alicyclic amines) is 1. The summed E-state index contributed by atoms with van der Waals surface area (Å²) in [6.07, 6.45) is 3.21. The molecule has 140 valence electrons. The van der Waals surface area contributed by atoms with Crippen LogP contribution in [0.4, 0.5) is 4.79 Å². The molecular weight excluding hydrogens is 320 g/mol. The first-order chi connectivity index (χ1) is 11.0. The fraction of sp³-hybridized carbons (Fsp3) is 0.947. The Morgan fingerprint density at radius 3 is 2.38 bits per heavy atom. The quantitative estimate of drug-likeness (QED) is 0.825. The molecule has 0 saturated carbocycles. The van der Waals surface area contributed by atoms with Gasteiger partial charge in [-0.2, -0.15) is 11.8 Å². The number of thioether (sulfide) groups is 1. The van der Waals surface area contributed by atoms with Gasteiger partial charge in [0.2, 0.25) is 0 Å². The van der Waals surface area contributed by atoms with Crippen LogP contribution in [-0.4, -0.2) is 53.8 Å². The highest BCUT2D eigenvalue weighted by molar-refractivity contribution is 7.99. The van der Waals surface area contributed by atoms with Gasteiger partial charge in [-0.3, -0.25) is 0 Å². The van der Waals surface area contributed by atoms with E-state index in [0.29, 0.717) is 11.5 Å². The standard InChI is InChI=1S/C19H36N2O2S/c1-17(2,3)23-16(22)21-10-7-19(6,8-11-21)14-20-15-13-24-12-9-18(15,4)5/h15,20H,7-14H2,1-6H3. The molecular formula is C19H36N2O2S. The molecule has 0 bridgehead atoms. The second-order valence-electron chi connectivity index (χ2n) is 9.53. The van der Waals surface area contributed by atoms with Crippen LogP contribution < -0.4 is 5.32 Å². The van der Waals surface area contributed by atoms with Crippen molar-refractivity contribution >= 4 is 17.9 Å². The van der Waals surface area contributed by atoms with Crippen LogP contribution in [0.1, 0.15) is 60.8 Å². The number of carbonyl (C=O) groups excluding carboxylic acids is 1. The average molecular weight is 357 g/mol. The molecule has 2 aliphatic rings. The summed E-state index contributed by atoms with van der Waals surface area (Å²) in [5, 5.41) is 3.85. The molecule has 2 saturated heterocycles. The Kier molecular flexibility index (Phi) is 6.17. The van der Waals surface area contributed by atoms with Crippen LogP contribution in [0.2, 0.25) is 0 Å². The molecule has 0 aromatic heterocycles. The molecule has 2 heterocycles. The highest BCUT2D eigenvalue weighted by Gasteiger charge is 2.37. The molecule has 2 fully saturated rings. The number of hydrogen-bond donors (Lipinski definition) is 1. The van der Waals surface area contributed by atoms with E-state index in [1.165, 1.54) is 17.9 Å². The molecule has 1 amide bonds. The van der Waals surface area contributed by atoms with Gasteiger partial charge in [-0.1, -0.05) is 20.8 Å². The van der Waals surface area contributed by atoms with Gasteiger partial charge in [-0.25, -0.2) is 4.79 Å². The number of rotatable bonds is 3. The zero-order valence-electron chi connectivity index (χ0n) is 16.4. The first-order valence-electron chi connectivity index (χ1n) is 9.30. The van der Waals surface area contributed by atoms with Crippen molar-refractivity contribution in [3.63, 3.8) is 0 Å². The molecule has 24 heavy (non-hydrogen) atoms. The van der Waals surface area contributed by atoms with Crippen molar-refractivity contribution in [1.82, 2.24) is 10.2 Å². The van der Waals surface area contributed by atoms with Crippen LogP contribution in [0, 0.1) is 10.8 Å². The molecule has 1 unspecified atom stereocenters. The molecule has 2 aliphatic heterocycles. The Bertz CT molecular complexity index is 437. The Morgan fingerprint density at radius 2 is 1.83 bits per heavy atom. The Balaban J connectivity index is 1.81. The zero-order chi connectivity index (χ0) is 18.0. The third-order valence-electron chi connectivity index (χ3n) is 5.52. The lowest BCUT2D eigenvalue weighted by atomic mass is 9.78. The summed E-state index contributed by atoms with van der Waals surface area (Å²) in [6, 6.07) is 0.594. The van der Waals surface area contributed by atoms with Gasteiger partial charge in [0.15, 0.2) is 0 Å². The van der Waals surface area contributed by atoms with Crippen LogP contribution in [0.3, 0.4) is 0 Å². The average Bonchev–Trinajstić information content (AvgIpc) is 2.44. The van der Waals surface area contributed by atoms with E-state index < -0.39 is 5.60 Å². The highest BCUT2D eigenvalue weighted by atomic mass is 32.2. The van der Waals surface area contributed by atoms with Crippen LogP contribution in [-0.2, 0) is 4.74 Å². The Morgan fingerprint density at radius 1 is 1.21 bits per heavy atom. The monoisotopic (exact) mass is 356 g/mol. The van der Waals surface area contributed by atoms with E-state index in [1.54, 1.807) is 0 Å². The topological polar surface area (TPSA) is 41.6 Å². The lowest BCUT2D eigenvalue weighted by molar-refractivity contribution is 0.0114. The van der Waals surface area contributed by atoms with E-state index in [4.69, 9.17) is 4.74 Å². The predicted octanol–water partition coefficient (Wildman–Crippen LogP) is 4.14. The van der Waals surface area contributed by atoms with Crippen LogP contribution >= 0.6 is 11.8 Å². The van der Waals surface area contributed by atoms with Gasteiger partial charge in [0.25, 0.3) is 0 Å². The molecule has 5 heteroatoms. The fourth-order valence-electron chi connectivity index (χ4n) is 3.37. The number of piperidine rings is 1. The second-order valence-corrected chi connectivity index (χ2v) is 10.7. The zero-order valence-corrected chi connectivity index (χ0v) is 17.2. The van der Waals surface area contributed by atoms with Crippen LogP contribution in [0.5, 0.6) is 0 Å². The van der Waals surface area contributed by atoms with Gasteiger partial charge in [0.05, 0.1) is 0 Å². The number of nitrogens with zero attached hydrogens (tertiary/aromatic N) is 1. The summed E-state index contributed by atoms with van der Waals surface area (Å²) in [5.41, 5.74) is 0.249. The summed E-state index contributed by atoms with van der Waals surface area (Å²) in [6.45, 7) is 15.5. The van der Waals surface area contributed by atoms with E-state index in [1.807, 2.05) is 25.7 Å². The maximum atomic E-state index is 12.2. The molecule has 2 rings (SSSR count). The second kappa shape index (κ2) is 7.45. The summed E-state index contributed by atoms with van der Waals surface area (Å²) < 4.78 is 5.50. The summed E-state index contributed by atoms with van der Waals surface area (Å²) in [5.74, 6) is 2.50. The van der Waals surface area contributed by atoms with Crippen molar-refractivity contribution in [3.8, 4) is 0 Å². The van der Waals surface area contributed by atoms with Gasteiger partial charge in [-0.05, 0) is 56.6 Å². The minimum absolute atomic E-state index is 0.165. The Hall–Kier alpha value is -0.420. The maximum Gasteiger partial charge on any atom is 0.410 e. The van der Waals surface area contributed by atoms with Gasteiger partial charge < -0.3 is 15.0 Å². The number of hydrogen-bond acceptors (Lipinski definition) is 4. The summed E-state index contributed by atoms with van der Waals surface area (Å²) in [7, 11) is 0. The third kappa shape index (κ3) is 5.55. The third-order valence-corrected chi connectivity index (χ3v) is 6.58. The van der Waals surface area contributed by atoms with Crippen LogP contribution in [0.15, 0.2) is 0 Å². The first-order valence-corrected chi connectivity index (χ1v) is 10.5. The van der Waals surface area contributed by atoms with E-state index in [0.717, 1.165) is 32.5 Å². The minimum atomic E-state index is -0.413. The van der Waals surface area contributed by atoms with Crippen LogP contribution in [0.25, 0.3) is 0 Å². The summed E-state index contributed by atoms with van der Waals surface area (Å²) >= 11 is 2.07. The maximum absolute atomic E-state index is 12.2. The lowest BCUT2D eigenvalue weighted by Gasteiger charge is -2.44. The largest absolute Gasteiger partial charge is 0.444 e. The normalized spacial score (nSPS) is 26.9. The number of amides is 1. The molecule has 0 aliphatic carbocycles. The van der Waals surface area contributed by atoms with Gasteiger partial charge in [0.1, 0.15) is 5.60 Å². The van der Waals surface area contributed by atoms with Crippen molar-refractivity contribution in [2.45, 2.75) is 72.4 Å². The fourth-order valence-corrected chi connectivity index (χ4v) is 5.02. The van der Waals surface area contributed by atoms with Gasteiger partial charge in [-0.15, -0.1) is 0 Å². The highest BCUT2D eigenvalue weighted by Crippen LogP contribution is 2.36. The minimum Gasteiger partial charge on any atom is -0.444 e. The predicted molar refractivity (Wildman–Crippen MR) is 103 cm³/mol. The number of ether oxygens (including phenoxy) is 1. The molecule has 0 radical (unpaired) electrons. The first kappa shape index (κ1) is 19.9. The molecule has 1 N–H and O–H groups in total. The van der Waals surface area contributed by atoms with E-state index in [9.17, 15) is 4.79 Å². The summed E-state index contributed by atoms with van der Waals surface area (Å²) in [4.78, 5) is 14.1. The molecule has 0 aromatic carbocycles. The smallest absolute Gasteiger partial charge is 0.410 e. The van der Waals surface area contributed by atoms with E-state index in [2.05, 4.69) is 37.8 Å². The van der Waals surface area contributed by atoms with Crippen molar-refractivity contribution in [3.05, 3.63) is 0 Å². The number of nitrogens with one attached hydrogen (secondary N) is 1. The van der Waals surface area contributed by atoms with E-state index in [-0.39, 0.29) is 11.5 Å². The van der Waals surface area contributed by atoms with Crippen molar-refractivity contribution in [2.24, 2.45) is 10.8 Å². The van der Waals surface area contributed by atoms with E-state index >= 15 is 0 Å². The molecule has 4 nitrogen and oxygen atoms in total. The van der Waals surface area contributed by atoms with Gasteiger partial charge in [0, 0.05) is 31.4 Å². The lowest BCUT2D eigenvalue weighted by Crippen LogP contribution is -2.52. The molecule has 0 aromatic rings. The number of carbonyl (C=O) groups is 1. The van der Waals surface area contributed by atoms with Gasteiger partial charge >= 0.3 is 6.09 Å². The SMILES string of the molecule is CC1(CNC2CSCCC2(C)C)CCN(C(=O)OC(C)(C)C)CC1. The van der Waals surface area contributed by atoms with Crippen molar-refractivity contribution < 1.29 is 9.53 Å². The molecule has 1 atom stereocenters. The van der Waals surface area contributed by atoms with Crippen molar-refractivity contribution in [2.75, 3.05) is 31.1 Å².